The predicted octanol–water partition coefficient (Wildman–Crippen LogP) is 1.69. The molecule has 1 aromatic carbocycles. The van der Waals surface area contributed by atoms with Crippen molar-refractivity contribution in [3.8, 4) is 0 Å². The maximum atomic E-state index is 12.4. The highest BCUT2D eigenvalue weighted by Gasteiger charge is 2.23. The van der Waals surface area contributed by atoms with Crippen LogP contribution >= 0.6 is 0 Å². The molecule has 3 atom stereocenters. The summed E-state index contributed by atoms with van der Waals surface area (Å²) in [5.41, 5.74) is 0.351. The number of carbonyl (C=O) groups is 1. The lowest BCUT2D eigenvalue weighted by Gasteiger charge is -2.36. The molecule has 2 rings (SSSR count). The van der Waals surface area contributed by atoms with Crippen molar-refractivity contribution >= 4 is 15.9 Å². The molecule has 6 nitrogen and oxygen atoms in total. The minimum Gasteiger partial charge on any atom is -0.348 e. The van der Waals surface area contributed by atoms with Crippen LogP contribution in [0.5, 0.6) is 0 Å². The minimum absolute atomic E-state index is 0.00503. The highest BCUT2D eigenvalue weighted by Crippen LogP contribution is 2.21. The Labute approximate surface area is 151 Å². The summed E-state index contributed by atoms with van der Waals surface area (Å²) >= 11 is 0. The molecule has 0 aromatic heterocycles. The number of piperidine rings is 1. The lowest BCUT2D eigenvalue weighted by Crippen LogP contribution is -2.47. The second-order valence-corrected chi connectivity index (χ2v) is 9.16. The molecule has 0 saturated carbocycles. The molecule has 1 aliphatic heterocycles. The molecule has 1 saturated heterocycles. The zero-order chi connectivity index (χ0) is 18.6. The van der Waals surface area contributed by atoms with Gasteiger partial charge in [0.2, 0.25) is 10.0 Å². The summed E-state index contributed by atoms with van der Waals surface area (Å²) in [7, 11) is -2.20. The van der Waals surface area contributed by atoms with Crippen LogP contribution in [-0.2, 0) is 10.0 Å². The Morgan fingerprint density at radius 2 is 1.92 bits per heavy atom. The smallest absolute Gasteiger partial charge is 0.251 e. The van der Waals surface area contributed by atoms with Crippen LogP contribution in [0.3, 0.4) is 0 Å². The molecule has 7 heteroatoms. The largest absolute Gasteiger partial charge is 0.348 e. The van der Waals surface area contributed by atoms with Gasteiger partial charge in [-0.2, -0.15) is 0 Å². The van der Waals surface area contributed by atoms with Crippen molar-refractivity contribution in [2.45, 2.75) is 38.1 Å². The van der Waals surface area contributed by atoms with Crippen LogP contribution in [0.2, 0.25) is 0 Å². The fourth-order valence-corrected chi connectivity index (χ4v) is 4.38. The quantitative estimate of drug-likeness (QED) is 0.802. The third-order valence-corrected chi connectivity index (χ3v) is 5.94. The summed E-state index contributed by atoms with van der Waals surface area (Å²) in [5, 5.41) is 2.97. The monoisotopic (exact) mass is 367 g/mol. The van der Waals surface area contributed by atoms with Gasteiger partial charge in [0.15, 0.2) is 0 Å². The maximum Gasteiger partial charge on any atom is 0.251 e. The average Bonchev–Trinajstić information content (AvgIpc) is 2.53. The summed E-state index contributed by atoms with van der Waals surface area (Å²) < 4.78 is 26.0. The fourth-order valence-electron chi connectivity index (χ4n) is 3.60. The van der Waals surface area contributed by atoms with E-state index >= 15 is 0 Å². The van der Waals surface area contributed by atoms with Gasteiger partial charge in [-0.3, -0.25) is 4.79 Å². The Morgan fingerprint density at radius 1 is 1.28 bits per heavy atom. The van der Waals surface area contributed by atoms with Crippen molar-refractivity contribution in [1.82, 2.24) is 14.9 Å². The van der Waals surface area contributed by atoms with Crippen molar-refractivity contribution < 1.29 is 13.2 Å². The molecule has 1 fully saturated rings. The Morgan fingerprint density at radius 3 is 2.52 bits per heavy atom. The first kappa shape index (κ1) is 19.9. The van der Waals surface area contributed by atoms with Gasteiger partial charge < -0.3 is 10.2 Å². The van der Waals surface area contributed by atoms with Crippen molar-refractivity contribution in [2.75, 3.05) is 26.7 Å². The summed E-state index contributed by atoms with van der Waals surface area (Å²) in [6.45, 7) is 9.42. The van der Waals surface area contributed by atoms with E-state index in [2.05, 4.69) is 28.8 Å². The van der Waals surface area contributed by atoms with Gasteiger partial charge in [-0.1, -0.05) is 19.9 Å². The third kappa shape index (κ3) is 5.52. The number of carbonyl (C=O) groups excluding carboxylic acids is 1. The number of amides is 1. The van der Waals surface area contributed by atoms with Crippen LogP contribution in [0, 0.1) is 11.8 Å². The molecule has 1 amide bonds. The predicted molar refractivity (Wildman–Crippen MR) is 99.0 cm³/mol. The van der Waals surface area contributed by atoms with Crippen LogP contribution in [-0.4, -0.2) is 51.9 Å². The highest BCUT2D eigenvalue weighted by molar-refractivity contribution is 7.89. The average molecular weight is 368 g/mol. The Balaban J connectivity index is 1.98. The van der Waals surface area contributed by atoms with Gasteiger partial charge in [-0.15, -0.1) is 0 Å². The molecule has 0 spiro atoms. The number of likely N-dealkylation sites (tertiary alicyclic amines) is 1. The van der Waals surface area contributed by atoms with E-state index < -0.39 is 10.0 Å². The number of nitrogens with one attached hydrogen (secondary N) is 2. The Kier molecular flexibility index (Phi) is 6.59. The number of sulfonamides is 1. The summed E-state index contributed by atoms with van der Waals surface area (Å²) in [5.74, 6) is 1.10. The standard InChI is InChI=1S/C18H29N3O3S/c1-13-8-14(2)11-21(10-13)12-15(3)20-18(22)16-6-5-7-17(9-16)25(23,24)19-4/h5-7,9,13-15,19H,8,10-12H2,1-4H3,(H,20,22). The van der Waals surface area contributed by atoms with E-state index in [1.807, 2.05) is 6.92 Å². The summed E-state index contributed by atoms with van der Waals surface area (Å²) in [6, 6.07) is 6.08. The minimum atomic E-state index is -3.56. The topological polar surface area (TPSA) is 78.5 Å². The highest BCUT2D eigenvalue weighted by atomic mass is 32.2. The second kappa shape index (κ2) is 8.29. The van der Waals surface area contributed by atoms with Gasteiger partial charge in [0.05, 0.1) is 4.90 Å². The molecular weight excluding hydrogens is 338 g/mol. The van der Waals surface area contributed by atoms with Crippen molar-refractivity contribution in [2.24, 2.45) is 11.8 Å². The van der Waals surface area contributed by atoms with Gasteiger partial charge in [-0.25, -0.2) is 13.1 Å². The Hall–Kier alpha value is -1.44. The zero-order valence-electron chi connectivity index (χ0n) is 15.5. The van der Waals surface area contributed by atoms with Gasteiger partial charge >= 0.3 is 0 Å². The van der Waals surface area contributed by atoms with Crippen LogP contribution in [0.1, 0.15) is 37.6 Å². The maximum absolute atomic E-state index is 12.4. The molecule has 0 bridgehead atoms. The first-order valence-corrected chi connectivity index (χ1v) is 10.3. The SMILES string of the molecule is CNS(=O)(=O)c1cccc(C(=O)NC(C)CN2CC(C)CC(C)C2)c1. The lowest BCUT2D eigenvalue weighted by atomic mass is 9.92. The Bertz CT molecular complexity index is 695. The van der Waals surface area contributed by atoms with E-state index in [4.69, 9.17) is 0 Å². The molecule has 1 heterocycles. The van der Waals surface area contributed by atoms with Gasteiger partial charge in [-0.05, 0) is 50.4 Å². The zero-order valence-corrected chi connectivity index (χ0v) is 16.3. The van der Waals surface area contributed by atoms with E-state index in [0.29, 0.717) is 17.4 Å². The number of hydrogen-bond donors (Lipinski definition) is 2. The molecule has 0 radical (unpaired) electrons. The van der Waals surface area contributed by atoms with Crippen LogP contribution in [0.15, 0.2) is 29.2 Å². The first-order valence-electron chi connectivity index (χ1n) is 8.78. The van der Waals surface area contributed by atoms with E-state index in [0.717, 1.165) is 19.6 Å². The van der Waals surface area contributed by atoms with Crippen molar-refractivity contribution in [1.29, 1.82) is 0 Å². The lowest BCUT2D eigenvalue weighted by molar-refractivity contribution is 0.0904. The van der Waals surface area contributed by atoms with E-state index in [9.17, 15) is 13.2 Å². The first-order chi connectivity index (χ1) is 11.7. The molecule has 0 aliphatic carbocycles. The van der Waals surface area contributed by atoms with E-state index in [1.54, 1.807) is 12.1 Å². The molecule has 2 N–H and O–H groups in total. The van der Waals surface area contributed by atoms with Crippen molar-refractivity contribution in [3.05, 3.63) is 29.8 Å². The summed E-state index contributed by atoms with van der Waals surface area (Å²) in [6.07, 6.45) is 1.25. The van der Waals surface area contributed by atoms with Gasteiger partial charge in [0, 0.05) is 31.2 Å². The van der Waals surface area contributed by atoms with Crippen molar-refractivity contribution in [3.63, 3.8) is 0 Å². The molecule has 25 heavy (non-hydrogen) atoms. The fraction of sp³-hybridized carbons (Fsp3) is 0.611. The second-order valence-electron chi connectivity index (χ2n) is 7.27. The number of rotatable bonds is 6. The summed E-state index contributed by atoms with van der Waals surface area (Å²) in [4.78, 5) is 14.9. The molecule has 1 aromatic rings. The van der Waals surface area contributed by atoms with Crippen LogP contribution < -0.4 is 10.0 Å². The van der Waals surface area contributed by atoms with Crippen LogP contribution in [0.25, 0.3) is 0 Å². The van der Waals surface area contributed by atoms with Crippen LogP contribution in [0.4, 0.5) is 0 Å². The molecule has 3 unspecified atom stereocenters. The molecule has 1 aliphatic rings. The third-order valence-electron chi connectivity index (χ3n) is 4.53. The van der Waals surface area contributed by atoms with E-state index in [-0.39, 0.29) is 16.8 Å². The number of benzene rings is 1. The molecule has 140 valence electrons. The van der Waals surface area contributed by atoms with Gasteiger partial charge in [0.25, 0.3) is 5.91 Å². The van der Waals surface area contributed by atoms with Gasteiger partial charge in [0.1, 0.15) is 0 Å². The number of nitrogens with zero attached hydrogens (tertiary/aromatic N) is 1. The van der Waals surface area contributed by atoms with E-state index in [1.165, 1.54) is 25.6 Å². The number of hydrogen-bond acceptors (Lipinski definition) is 4. The molecular formula is C18H29N3O3S. The normalized spacial score (nSPS) is 23.2.